The van der Waals surface area contributed by atoms with Gasteiger partial charge >= 0.3 is 5.97 Å². The Morgan fingerprint density at radius 3 is 2.70 bits per heavy atom. The smallest absolute Gasteiger partial charge is 0.335 e. The van der Waals surface area contributed by atoms with E-state index in [2.05, 4.69) is 15.9 Å². The van der Waals surface area contributed by atoms with E-state index in [1.54, 1.807) is 0 Å². The van der Waals surface area contributed by atoms with Gasteiger partial charge in [-0.3, -0.25) is 0 Å². The number of aromatic carboxylic acids is 1. The summed E-state index contributed by atoms with van der Waals surface area (Å²) in [5, 5.41) is 8.89. The quantitative estimate of drug-likeness (QED) is 0.842. The van der Waals surface area contributed by atoms with E-state index in [1.807, 2.05) is 0 Å². The Labute approximate surface area is 125 Å². The molecule has 0 saturated carbocycles. The number of piperidine rings is 1. The van der Waals surface area contributed by atoms with E-state index in [9.17, 15) is 13.2 Å². The van der Waals surface area contributed by atoms with E-state index in [0.29, 0.717) is 6.54 Å². The highest BCUT2D eigenvalue weighted by molar-refractivity contribution is 9.10. The fraction of sp³-hybridized carbons (Fsp3) is 0.417. The lowest BCUT2D eigenvalue weighted by Gasteiger charge is -2.30. The Kier molecular flexibility index (Phi) is 4.48. The number of carbonyl (C=O) groups is 1. The molecule has 0 spiro atoms. The number of hydrogen-bond acceptors (Lipinski definition) is 4. The maximum Gasteiger partial charge on any atom is 0.335 e. The average molecular weight is 363 g/mol. The van der Waals surface area contributed by atoms with E-state index < -0.39 is 16.0 Å². The molecule has 0 aliphatic carbocycles. The molecule has 110 valence electrons. The van der Waals surface area contributed by atoms with Gasteiger partial charge in [-0.15, -0.1) is 0 Å². The van der Waals surface area contributed by atoms with E-state index in [1.165, 1.54) is 22.5 Å². The molecule has 0 bridgehead atoms. The van der Waals surface area contributed by atoms with Crippen LogP contribution in [-0.2, 0) is 10.0 Å². The van der Waals surface area contributed by atoms with E-state index >= 15 is 0 Å². The Hall–Kier alpha value is -0.960. The maximum absolute atomic E-state index is 12.5. The molecule has 20 heavy (non-hydrogen) atoms. The number of carboxylic acid groups (broad SMARTS) is 1. The van der Waals surface area contributed by atoms with Crippen molar-refractivity contribution in [2.75, 3.05) is 13.1 Å². The highest BCUT2D eigenvalue weighted by Gasteiger charge is 2.30. The molecule has 1 aliphatic heterocycles. The van der Waals surface area contributed by atoms with Gasteiger partial charge in [0, 0.05) is 23.6 Å². The summed E-state index contributed by atoms with van der Waals surface area (Å²) in [4.78, 5) is 10.9. The van der Waals surface area contributed by atoms with Crippen molar-refractivity contribution in [1.82, 2.24) is 4.31 Å². The number of rotatable bonds is 3. The summed E-state index contributed by atoms with van der Waals surface area (Å²) in [6.45, 7) is 0.721. The molecule has 1 saturated heterocycles. The summed E-state index contributed by atoms with van der Waals surface area (Å²) in [5.41, 5.74) is 5.84. The number of hydrogen-bond donors (Lipinski definition) is 2. The van der Waals surface area contributed by atoms with E-state index in [-0.39, 0.29) is 27.5 Å². The van der Waals surface area contributed by atoms with Gasteiger partial charge in [-0.2, -0.15) is 4.31 Å². The first kappa shape index (κ1) is 15.4. The third-order valence-electron chi connectivity index (χ3n) is 3.22. The summed E-state index contributed by atoms with van der Waals surface area (Å²) >= 11 is 3.13. The lowest BCUT2D eigenvalue weighted by atomic mass is 10.1. The molecule has 1 aliphatic rings. The van der Waals surface area contributed by atoms with Crippen LogP contribution in [0.1, 0.15) is 23.2 Å². The van der Waals surface area contributed by atoms with Crippen molar-refractivity contribution < 1.29 is 18.3 Å². The predicted molar refractivity (Wildman–Crippen MR) is 77.1 cm³/mol. The van der Waals surface area contributed by atoms with Crippen molar-refractivity contribution in [1.29, 1.82) is 0 Å². The predicted octanol–water partition coefficient (Wildman–Crippen LogP) is 1.26. The zero-order valence-electron chi connectivity index (χ0n) is 10.6. The van der Waals surface area contributed by atoms with Crippen molar-refractivity contribution in [2.24, 2.45) is 5.73 Å². The molecule has 2 rings (SSSR count). The molecule has 1 aromatic rings. The Morgan fingerprint density at radius 1 is 1.45 bits per heavy atom. The highest BCUT2D eigenvalue weighted by atomic mass is 79.9. The third kappa shape index (κ3) is 3.03. The Morgan fingerprint density at radius 2 is 2.15 bits per heavy atom. The second kappa shape index (κ2) is 5.80. The molecule has 0 radical (unpaired) electrons. The van der Waals surface area contributed by atoms with Gasteiger partial charge in [0.05, 0.1) is 10.5 Å². The zero-order chi connectivity index (χ0) is 14.9. The lowest BCUT2D eigenvalue weighted by molar-refractivity contribution is 0.0696. The van der Waals surface area contributed by atoms with Gasteiger partial charge < -0.3 is 10.8 Å². The van der Waals surface area contributed by atoms with Crippen LogP contribution in [0.25, 0.3) is 0 Å². The van der Waals surface area contributed by atoms with Gasteiger partial charge in [0.25, 0.3) is 0 Å². The van der Waals surface area contributed by atoms with Crippen LogP contribution in [0.2, 0.25) is 0 Å². The molecule has 8 heteroatoms. The molecule has 1 unspecified atom stereocenters. The third-order valence-corrected chi connectivity index (χ3v) is 6.06. The summed E-state index contributed by atoms with van der Waals surface area (Å²) in [6, 6.07) is 3.72. The van der Waals surface area contributed by atoms with E-state index in [0.717, 1.165) is 12.8 Å². The number of benzene rings is 1. The summed E-state index contributed by atoms with van der Waals surface area (Å²) in [7, 11) is -3.65. The standard InChI is InChI=1S/C12H15BrN2O4S/c13-10-6-8(12(16)17)3-4-11(10)20(18,19)15-5-1-2-9(14)7-15/h3-4,6,9H,1-2,5,7,14H2,(H,16,17). The van der Waals surface area contributed by atoms with Crippen LogP contribution in [0.5, 0.6) is 0 Å². The molecular weight excluding hydrogens is 348 g/mol. The number of nitrogens with two attached hydrogens (primary N) is 1. The fourth-order valence-electron chi connectivity index (χ4n) is 2.17. The van der Waals surface area contributed by atoms with Crippen LogP contribution in [0, 0.1) is 0 Å². The number of nitrogens with zero attached hydrogens (tertiary/aromatic N) is 1. The average Bonchev–Trinajstić information content (AvgIpc) is 2.38. The SMILES string of the molecule is NC1CCCN(S(=O)(=O)c2ccc(C(=O)O)cc2Br)C1. The van der Waals surface area contributed by atoms with Crippen molar-refractivity contribution in [3.05, 3.63) is 28.2 Å². The van der Waals surface area contributed by atoms with E-state index in [4.69, 9.17) is 10.8 Å². The van der Waals surface area contributed by atoms with Crippen LogP contribution in [0.3, 0.4) is 0 Å². The van der Waals surface area contributed by atoms with Gasteiger partial charge in [-0.25, -0.2) is 13.2 Å². The molecule has 1 fully saturated rings. The Balaban J connectivity index is 2.36. The molecular formula is C12H15BrN2O4S. The molecule has 1 heterocycles. The molecule has 3 N–H and O–H groups in total. The molecule has 0 aromatic heterocycles. The highest BCUT2D eigenvalue weighted by Crippen LogP contribution is 2.27. The minimum Gasteiger partial charge on any atom is -0.478 e. The van der Waals surface area contributed by atoms with Crippen LogP contribution in [0.15, 0.2) is 27.6 Å². The van der Waals surface area contributed by atoms with Crippen LogP contribution in [0.4, 0.5) is 0 Å². The normalized spacial score (nSPS) is 20.8. The minimum atomic E-state index is -3.65. The van der Waals surface area contributed by atoms with Gasteiger partial charge in [0.2, 0.25) is 10.0 Å². The summed E-state index contributed by atoms with van der Waals surface area (Å²) < 4.78 is 26.7. The lowest BCUT2D eigenvalue weighted by Crippen LogP contribution is -2.45. The summed E-state index contributed by atoms with van der Waals surface area (Å²) in [6.07, 6.45) is 1.54. The van der Waals surface area contributed by atoms with Crippen molar-refractivity contribution in [3.63, 3.8) is 0 Å². The number of halogens is 1. The molecule has 6 nitrogen and oxygen atoms in total. The zero-order valence-corrected chi connectivity index (χ0v) is 13.0. The maximum atomic E-state index is 12.5. The van der Waals surface area contributed by atoms with Gasteiger partial charge in [0.15, 0.2) is 0 Å². The monoisotopic (exact) mass is 362 g/mol. The topological polar surface area (TPSA) is 101 Å². The second-order valence-corrected chi connectivity index (χ2v) is 7.48. The largest absolute Gasteiger partial charge is 0.478 e. The van der Waals surface area contributed by atoms with Crippen molar-refractivity contribution >= 4 is 31.9 Å². The van der Waals surface area contributed by atoms with Gasteiger partial charge in [-0.1, -0.05) is 0 Å². The number of sulfonamides is 1. The second-order valence-electron chi connectivity index (χ2n) is 4.72. The van der Waals surface area contributed by atoms with Crippen molar-refractivity contribution in [3.8, 4) is 0 Å². The Bertz CT molecular complexity index is 632. The first-order valence-corrected chi connectivity index (χ1v) is 8.34. The summed E-state index contributed by atoms with van der Waals surface area (Å²) in [5.74, 6) is -1.10. The molecule has 1 atom stereocenters. The van der Waals surface area contributed by atoms with Crippen LogP contribution < -0.4 is 5.73 Å². The minimum absolute atomic E-state index is 0.0335. The van der Waals surface area contributed by atoms with Crippen molar-refractivity contribution in [2.45, 2.75) is 23.8 Å². The fourth-order valence-corrected chi connectivity index (χ4v) is 4.75. The van der Waals surface area contributed by atoms with Crippen LogP contribution >= 0.6 is 15.9 Å². The van der Waals surface area contributed by atoms with Gasteiger partial charge in [-0.05, 0) is 47.0 Å². The first-order valence-electron chi connectivity index (χ1n) is 6.11. The number of carboxylic acids is 1. The molecule has 1 aromatic carbocycles. The molecule has 0 amide bonds. The van der Waals surface area contributed by atoms with Crippen LogP contribution in [-0.4, -0.2) is 42.9 Å². The van der Waals surface area contributed by atoms with Gasteiger partial charge in [0.1, 0.15) is 0 Å². The first-order chi connectivity index (χ1) is 9.32.